The highest BCUT2D eigenvalue weighted by Crippen LogP contribution is 1.98. The molecule has 15 heavy (non-hydrogen) atoms. The van der Waals surface area contributed by atoms with Gasteiger partial charge in [-0.1, -0.05) is 6.92 Å². The molecule has 4 nitrogen and oxygen atoms in total. The normalized spacial score (nSPS) is 17.9. The number of hydrogen-bond donors (Lipinski definition) is 1. The van der Waals surface area contributed by atoms with E-state index >= 15 is 0 Å². The fraction of sp³-hybridized carbons (Fsp3) is 0.909. The number of likely N-dealkylation sites (N-methyl/N-ethyl adjacent to an activating group) is 1. The van der Waals surface area contributed by atoms with Crippen molar-refractivity contribution in [2.75, 3.05) is 46.3 Å². The Labute approximate surface area is 92.6 Å². The van der Waals surface area contributed by atoms with Gasteiger partial charge in [0.2, 0.25) is 5.91 Å². The lowest BCUT2D eigenvalue weighted by atomic mass is 10.3. The molecule has 1 aliphatic rings. The zero-order valence-corrected chi connectivity index (χ0v) is 9.96. The number of nitrogens with zero attached hydrogens (tertiary/aromatic N) is 2. The number of hydrogen-bond acceptors (Lipinski definition) is 3. The maximum atomic E-state index is 11.9. The first-order valence-corrected chi connectivity index (χ1v) is 5.91. The monoisotopic (exact) mass is 213 g/mol. The van der Waals surface area contributed by atoms with Crippen LogP contribution in [0.4, 0.5) is 0 Å². The summed E-state index contributed by atoms with van der Waals surface area (Å²) in [4.78, 5) is 16.0. The third kappa shape index (κ3) is 4.62. The molecular formula is C11H23N3O. The van der Waals surface area contributed by atoms with Crippen LogP contribution in [0, 0.1) is 0 Å². The average Bonchev–Trinajstić information content (AvgIpc) is 2.45. The molecule has 88 valence electrons. The van der Waals surface area contributed by atoms with Crippen LogP contribution >= 0.6 is 0 Å². The quantitative estimate of drug-likeness (QED) is 0.722. The summed E-state index contributed by atoms with van der Waals surface area (Å²) in [7, 11) is 2.01. The van der Waals surface area contributed by atoms with Crippen LogP contribution in [0.5, 0.6) is 0 Å². The summed E-state index contributed by atoms with van der Waals surface area (Å²) in [6, 6.07) is 0. The Bertz CT molecular complexity index is 188. The Morgan fingerprint density at radius 3 is 2.93 bits per heavy atom. The molecule has 0 aliphatic carbocycles. The van der Waals surface area contributed by atoms with Crippen LogP contribution in [0.25, 0.3) is 0 Å². The van der Waals surface area contributed by atoms with Gasteiger partial charge in [0.1, 0.15) is 0 Å². The molecule has 1 N–H and O–H groups in total. The maximum Gasteiger partial charge on any atom is 0.236 e. The molecule has 1 aliphatic heterocycles. The van der Waals surface area contributed by atoms with E-state index in [0.29, 0.717) is 6.54 Å². The topological polar surface area (TPSA) is 35.6 Å². The molecule has 0 radical (unpaired) electrons. The van der Waals surface area contributed by atoms with Gasteiger partial charge < -0.3 is 10.2 Å². The minimum Gasteiger partial charge on any atom is -0.340 e. The third-order valence-corrected chi connectivity index (χ3v) is 2.70. The Kier molecular flexibility index (Phi) is 5.65. The lowest BCUT2D eigenvalue weighted by molar-refractivity contribution is -0.131. The van der Waals surface area contributed by atoms with E-state index < -0.39 is 0 Å². The van der Waals surface area contributed by atoms with Gasteiger partial charge in [0.15, 0.2) is 0 Å². The molecule has 4 heteroatoms. The number of carbonyl (C=O) groups excluding carboxylic acids is 1. The van der Waals surface area contributed by atoms with E-state index in [1.165, 1.54) is 0 Å². The maximum absolute atomic E-state index is 11.9. The van der Waals surface area contributed by atoms with Crippen molar-refractivity contribution >= 4 is 5.91 Å². The van der Waals surface area contributed by atoms with Crippen molar-refractivity contribution in [3.8, 4) is 0 Å². The van der Waals surface area contributed by atoms with E-state index in [2.05, 4.69) is 17.1 Å². The summed E-state index contributed by atoms with van der Waals surface area (Å²) in [5.41, 5.74) is 0. The molecule has 0 saturated carbocycles. The van der Waals surface area contributed by atoms with Crippen LogP contribution in [0.2, 0.25) is 0 Å². The van der Waals surface area contributed by atoms with Crippen molar-refractivity contribution in [2.45, 2.75) is 19.8 Å². The van der Waals surface area contributed by atoms with E-state index in [1.54, 1.807) is 0 Å². The standard InChI is InChI=1S/C11H23N3O/c1-3-7-13(2)10-11(15)14-8-4-5-12-6-9-14/h12H,3-10H2,1-2H3. The molecule has 0 unspecified atom stereocenters. The summed E-state index contributed by atoms with van der Waals surface area (Å²) in [6.45, 7) is 7.44. The number of carbonyl (C=O) groups is 1. The summed E-state index contributed by atoms with van der Waals surface area (Å²) in [5.74, 6) is 0.273. The zero-order chi connectivity index (χ0) is 11.1. The van der Waals surface area contributed by atoms with Gasteiger partial charge in [0, 0.05) is 19.6 Å². The van der Waals surface area contributed by atoms with Crippen molar-refractivity contribution in [2.24, 2.45) is 0 Å². The molecule has 1 amide bonds. The van der Waals surface area contributed by atoms with Gasteiger partial charge in [-0.05, 0) is 33.0 Å². The van der Waals surface area contributed by atoms with Gasteiger partial charge in [-0.3, -0.25) is 9.69 Å². The second-order valence-electron chi connectivity index (χ2n) is 4.22. The fourth-order valence-electron chi connectivity index (χ4n) is 1.89. The highest BCUT2D eigenvalue weighted by Gasteiger charge is 2.16. The SMILES string of the molecule is CCCN(C)CC(=O)N1CCCNCC1. The van der Waals surface area contributed by atoms with Crippen LogP contribution < -0.4 is 5.32 Å². The number of rotatable bonds is 4. The van der Waals surface area contributed by atoms with Crippen molar-refractivity contribution in [3.63, 3.8) is 0 Å². The minimum atomic E-state index is 0.273. The summed E-state index contributed by atoms with van der Waals surface area (Å²) < 4.78 is 0. The molecule has 0 aromatic heterocycles. The van der Waals surface area contributed by atoms with Gasteiger partial charge >= 0.3 is 0 Å². The van der Waals surface area contributed by atoms with E-state index in [0.717, 1.165) is 45.6 Å². The molecule has 0 aromatic carbocycles. The predicted molar refractivity (Wildman–Crippen MR) is 61.9 cm³/mol. The van der Waals surface area contributed by atoms with Crippen LogP contribution in [-0.2, 0) is 4.79 Å². The Morgan fingerprint density at radius 1 is 1.40 bits per heavy atom. The Morgan fingerprint density at radius 2 is 2.20 bits per heavy atom. The van der Waals surface area contributed by atoms with Gasteiger partial charge in [-0.25, -0.2) is 0 Å². The van der Waals surface area contributed by atoms with Crippen molar-refractivity contribution in [1.29, 1.82) is 0 Å². The number of amides is 1. The first kappa shape index (κ1) is 12.5. The number of nitrogens with one attached hydrogen (secondary N) is 1. The molecule has 0 bridgehead atoms. The van der Waals surface area contributed by atoms with Crippen LogP contribution in [0.15, 0.2) is 0 Å². The lowest BCUT2D eigenvalue weighted by Gasteiger charge is -2.23. The van der Waals surface area contributed by atoms with Gasteiger partial charge in [0.05, 0.1) is 6.54 Å². The fourth-order valence-corrected chi connectivity index (χ4v) is 1.89. The van der Waals surface area contributed by atoms with E-state index in [9.17, 15) is 4.79 Å². The average molecular weight is 213 g/mol. The van der Waals surface area contributed by atoms with Crippen molar-refractivity contribution < 1.29 is 4.79 Å². The van der Waals surface area contributed by atoms with Crippen LogP contribution in [0.1, 0.15) is 19.8 Å². The van der Waals surface area contributed by atoms with E-state index in [4.69, 9.17) is 0 Å². The first-order chi connectivity index (χ1) is 7.24. The van der Waals surface area contributed by atoms with Crippen LogP contribution in [-0.4, -0.2) is 62.0 Å². The highest BCUT2D eigenvalue weighted by molar-refractivity contribution is 5.78. The van der Waals surface area contributed by atoms with Crippen molar-refractivity contribution in [3.05, 3.63) is 0 Å². The predicted octanol–water partition coefficient (Wildman–Crippen LogP) is 0.150. The summed E-state index contributed by atoms with van der Waals surface area (Å²) in [6.07, 6.45) is 2.18. The smallest absolute Gasteiger partial charge is 0.236 e. The molecule has 1 saturated heterocycles. The van der Waals surface area contributed by atoms with Crippen LogP contribution in [0.3, 0.4) is 0 Å². The molecule has 0 spiro atoms. The van der Waals surface area contributed by atoms with E-state index in [-0.39, 0.29) is 5.91 Å². The molecule has 1 fully saturated rings. The first-order valence-electron chi connectivity index (χ1n) is 5.91. The second kappa shape index (κ2) is 6.80. The summed E-state index contributed by atoms with van der Waals surface area (Å²) >= 11 is 0. The van der Waals surface area contributed by atoms with E-state index in [1.807, 2.05) is 11.9 Å². The molecule has 0 atom stereocenters. The Balaban J connectivity index is 2.30. The zero-order valence-electron chi connectivity index (χ0n) is 9.96. The Hall–Kier alpha value is -0.610. The minimum absolute atomic E-state index is 0.273. The van der Waals surface area contributed by atoms with Crippen molar-refractivity contribution in [1.82, 2.24) is 15.1 Å². The third-order valence-electron chi connectivity index (χ3n) is 2.70. The lowest BCUT2D eigenvalue weighted by Crippen LogP contribution is -2.40. The van der Waals surface area contributed by atoms with Gasteiger partial charge in [-0.2, -0.15) is 0 Å². The molecule has 1 rings (SSSR count). The molecule has 0 aromatic rings. The van der Waals surface area contributed by atoms with Gasteiger partial charge in [-0.15, -0.1) is 0 Å². The summed E-state index contributed by atoms with van der Waals surface area (Å²) in [5, 5.41) is 3.30. The second-order valence-corrected chi connectivity index (χ2v) is 4.22. The molecule has 1 heterocycles. The van der Waals surface area contributed by atoms with Gasteiger partial charge in [0.25, 0.3) is 0 Å². The highest BCUT2D eigenvalue weighted by atomic mass is 16.2. The largest absolute Gasteiger partial charge is 0.340 e. The molecular weight excluding hydrogens is 190 g/mol.